The van der Waals surface area contributed by atoms with Crippen LogP contribution >= 0.6 is 0 Å². The molecular weight excluding hydrogens is 561 g/mol. The second-order valence-electron chi connectivity index (χ2n) is 10.7. The minimum Gasteiger partial charge on any atom is -0.550 e. The van der Waals surface area contributed by atoms with Gasteiger partial charge >= 0.3 is 0 Å². The fourth-order valence-electron chi connectivity index (χ4n) is 5.18. The lowest BCUT2D eigenvalue weighted by Gasteiger charge is -2.17. The number of aliphatic hydroxyl groups excluding tert-OH is 2. The van der Waals surface area contributed by atoms with Gasteiger partial charge in [0.1, 0.15) is 11.5 Å². The molecule has 0 aliphatic carbocycles. The quantitative estimate of drug-likeness (QED) is 0.219. The summed E-state index contributed by atoms with van der Waals surface area (Å²) in [6.45, 7) is 3.99. The molecule has 0 unspecified atom stereocenters. The number of benzene rings is 3. The first-order valence-electron chi connectivity index (χ1n) is 14.2. The van der Waals surface area contributed by atoms with Gasteiger partial charge in [-0.3, -0.25) is 4.79 Å². The van der Waals surface area contributed by atoms with Crippen molar-refractivity contribution >= 4 is 18.0 Å². The normalized spacial score (nSPS) is 12.7. The summed E-state index contributed by atoms with van der Waals surface area (Å²) < 4.78 is 15.9. The van der Waals surface area contributed by atoms with Crippen molar-refractivity contribution in [1.29, 1.82) is 5.26 Å². The number of amides is 1. The Labute approximate surface area is 255 Å². The topological polar surface area (TPSA) is 138 Å². The zero-order valence-corrected chi connectivity index (χ0v) is 24.4. The van der Waals surface area contributed by atoms with Gasteiger partial charge in [0, 0.05) is 48.2 Å². The van der Waals surface area contributed by atoms with E-state index in [1.807, 2.05) is 54.8 Å². The van der Waals surface area contributed by atoms with Crippen molar-refractivity contribution in [2.24, 2.45) is 0 Å². The van der Waals surface area contributed by atoms with Crippen molar-refractivity contribution in [3.63, 3.8) is 0 Å². The van der Waals surface area contributed by atoms with Crippen molar-refractivity contribution in [1.82, 2.24) is 9.88 Å². The van der Waals surface area contributed by atoms with Crippen molar-refractivity contribution in [3.05, 3.63) is 113 Å². The predicted molar refractivity (Wildman–Crippen MR) is 163 cm³/mol. The number of carbonyl (C=O) groups is 2. The summed E-state index contributed by atoms with van der Waals surface area (Å²) in [5.41, 5.74) is 4.71. The molecule has 0 radical (unpaired) electrons. The molecule has 3 aromatic carbocycles. The van der Waals surface area contributed by atoms with Crippen LogP contribution in [0.5, 0.6) is 0 Å². The second-order valence-corrected chi connectivity index (χ2v) is 10.7. The zero-order valence-electron chi connectivity index (χ0n) is 24.4. The monoisotopic (exact) mass is 594 g/mol. The van der Waals surface area contributed by atoms with Crippen LogP contribution in [0.15, 0.2) is 84.9 Å². The van der Waals surface area contributed by atoms with E-state index in [0.717, 1.165) is 11.1 Å². The molecule has 3 N–H and O–H groups in total. The van der Waals surface area contributed by atoms with E-state index in [9.17, 15) is 34.6 Å². The smallest absolute Gasteiger partial charge is 0.268 e. The van der Waals surface area contributed by atoms with Gasteiger partial charge in [-0.25, -0.2) is 4.39 Å². The number of rotatable bonds is 12. The summed E-state index contributed by atoms with van der Waals surface area (Å²) in [6, 6.07) is 24.0. The number of nitrogens with zero attached hydrogens (tertiary/aromatic N) is 2. The number of carboxylic acid groups (broad SMARTS) is 1. The first-order valence-corrected chi connectivity index (χ1v) is 14.2. The molecular formula is C35H33FN3O5-. The Morgan fingerprint density at radius 3 is 2.32 bits per heavy atom. The standard InChI is InChI=1S/C35H34FN3O5/c1-22(2)39-30(16-15-28(40)18-29(41)19-31(42)43)32(26-11-13-27(36)14-12-26)33(25-9-4-3-5-10-25)34(39)35(44)38-21-24-8-6-7-23(17-24)20-37/h3-17,22,28-29,40-41H,18-19,21H2,1-2H3,(H,38,44)(H,42,43)/p-1/b16-15+/t28-,29-/m1/s1. The van der Waals surface area contributed by atoms with Crippen LogP contribution in [0.2, 0.25) is 0 Å². The molecule has 0 fully saturated rings. The lowest BCUT2D eigenvalue weighted by Crippen LogP contribution is -2.29. The van der Waals surface area contributed by atoms with Crippen LogP contribution in [-0.2, 0) is 11.3 Å². The number of aliphatic hydroxyl groups is 2. The number of halogens is 1. The molecule has 0 saturated heterocycles. The molecule has 44 heavy (non-hydrogen) atoms. The van der Waals surface area contributed by atoms with Gasteiger partial charge in [-0.2, -0.15) is 5.26 Å². The first kappa shape index (κ1) is 31.9. The SMILES string of the molecule is CC(C)n1c(/C=C/[C@@H](O)C[C@@H](O)CC(=O)[O-])c(-c2ccc(F)cc2)c(-c2ccccc2)c1C(=O)NCc1cccc(C#N)c1. The lowest BCUT2D eigenvalue weighted by molar-refractivity contribution is -0.307. The molecule has 0 spiro atoms. The van der Waals surface area contributed by atoms with E-state index in [0.29, 0.717) is 33.6 Å². The minimum atomic E-state index is -1.43. The molecule has 1 aromatic heterocycles. The summed E-state index contributed by atoms with van der Waals surface area (Å²) in [6.07, 6.45) is -0.300. The van der Waals surface area contributed by atoms with Crippen LogP contribution in [0, 0.1) is 17.1 Å². The molecule has 0 aliphatic rings. The molecule has 4 aromatic rings. The highest BCUT2D eigenvalue weighted by Gasteiger charge is 2.29. The van der Waals surface area contributed by atoms with Gasteiger partial charge in [-0.05, 0) is 60.9 Å². The van der Waals surface area contributed by atoms with Crippen molar-refractivity contribution in [3.8, 4) is 28.3 Å². The largest absolute Gasteiger partial charge is 0.550 e. The highest BCUT2D eigenvalue weighted by Crippen LogP contribution is 2.42. The van der Waals surface area contributed by atoms with E-state index in [1.54, 1.807) is 36.4 Å². The van der Waals surface area contributed by atoms with E-state index in [1.165, 1.54) is 18.2 Å². The third kappa shape index (κ3) is 7.67. The summed E-state index contributed by atoms with van der Waals surface area (Å²) in [5.74, 6) is -2.23. The van der Waals surface area contributed by atoms with Crippen LogP contribution in [0.4, 0.5) is 4.39 Å². The van der Waals surface area contributed by atoms with E-state index >= 15 is 0 Å². The van der Waals surface area contributed by atoms with Gasteiger partial charge in [0.05, 0.1) is 23.8 Å². The van der Waals surface area contributed by atoms with Gasteiger partial charge in [0.15, 0.2) is 0 Å². The summed E-state index contributed by atoms with van der Waals surface area (Å²) >= 11 is 0. The Hall–Kier alpha value is -5.04. The van der Waals surface area contributed by atoms with Crippen LogP contribution < -0.4 is 10.4 Å². The third-order valence-electron chi connectivity index (χ3n) is 7.07. The molecule has 0 aliphatic heterocycles. The third-order valence-corrected chi connectivity index (χ3v) is 7.07. The van der Waals surface area contributed by atoms with Crippen LogP contribution in [0.3, 0.4) is 0 Å². The van der Waals surface area contributed by atoms with E-state index in [2.05, 4.69) is 11.4 Å². The number of hydrogen-bond acceptors (Lipinski definition) is 6. The number of nitriles is 1. The fraction of sp³-hybridized carbons (Fsp3) is 0.229. The number of hydrogen-bond donors (Lipinski definition) is 3. The van der Waals surface area contributed by atoms with Crippen LogP contribution in [0.25, 0.3) is 28.3 Å². The highest BCUT2D eigenvalue weighted by atomic mass is 19.1. The van der Waals surface area contributed by atoms with Gasteiger partial charge in [0.25, 0.3) is 5.91 Å². The number of aromatic nitrogens is 1. The second kappa shape index (κ2) is 14.4. The molecule has 1 heterocycles. The Balaban J connectivity index is 1.90. The maximum absolute atomic E-state index is 14.1. The zero-order chi connectivity index (χ0) is 31.8. The van der Waals surface area contributed by atoms with Crippen molar-refractivity contribution in [2.45, 2.75) is 51.5 Å². The van der Waals surface area contributed by atoms with Gasteiger partial charge in [-0.15, -0.1) is 0 Å². The first-order chi connectivity index (χ1) is 21.1. The number of carbonyl (C=O) groups excluding carboxylic acids is 2. The Morgan fingerprint density at radius 1 is 1.00 bits per heavy atom. The molecule has 0 bridgehead atoms. The Bertz CT molecular complexity index is 1690. The molecule has 9 heteroatoms. The number of carboxylic acids is 1. The van der Waals surface area contributed by atoms with Gasteiger partial charge in [0.2, 0.25) is 0 Å². The average molecular weight is 595 g/mol. The fourth-order valence-corrected chi connectivity index (χ4v) is 5.18. The highest BCUT2D eigenvalue weighted by molar-refractivity contribution is 6.06. The maximum atomic E-state index is 14.1. The van der Waals surface area contributed by atoms with Crippen molar-refractivity contribution < 1.29 is 29.3 Å². The molecule has 1 amide bonds. The Morgan fingerprint density at radius 2 is 1.68 bits per heavy atom. The van der Waals surface area contributed by atoms with Crippen molar-refractivity contribution in [2.75, 3.05) is 0 Å². The minimum absolute atomic E-state index is 0.165. The van der Waals surface area contributed by atoms with E-state index < -0.39 is 30.4 Å². The van der Waals surface area contributed by atoms with Gasteiger partial charge in [-0.1, -0.05) is 60.7 Å². The van der Waals surface area contributed by atoms with Gasteiger partial charge < -0.3 is 30.0 Å². The molecule has 4 rings (SSSR count). The molecule has 8 nitrogen and oxygen atoms in total. The lowest BCUT2D eigenvalue weighted by atomic mass is 9.94. The summed E-state index contributed by atoms with van der Waals surface area (Å²) in [4.78, 5) is 25.0. The molecule has 0 saturated carbocycles. The number of nitrogens with one attached hydrogen (secondary N) is 1. The molecule has 2 atom stereocenters. The molecule has 226 valence electrons. The predicted octanol–water partition coefficient (Wildman–Crippen LogP) is 4.61. The van der Waals surface area contributed by atoms with Crippen LogP contribution in [0.1, 0.15) is 60.0 Å². The average Bonchev–Trinajstić information content (AvgIpc) is 3.35. The summed E-state index contributed by atoms with van der Waals surface area (Å²) in [7, 11) is 0. The van der Waals surface area contributed by atoms with E-state index in [-0.39, 0.29) is 24.9 Å². The van der Waals surface area contributed by atoms with Crippen LogP contribution in [-0.4, -0.2) is 38.9 Å². The Kier molecular flexibility index (Phi) is 10.5. The maximum Gasteiger partial charge on any atom is 0.268 e. The van der Waals surface area contributed by atoms with E-state index in [4.69, 9.17) is 0 Å². The summed E-state index contributed by atoms with van der Waals surface area (Å²) in [5, 5.41) is 43.8. The number of aliphatic carboxylic acids is 1.